The predicted molar refractivity (Wildman–Crippen MR) is 84.0 cm³/mol. The highest BCUT2D eigenvalue weighted by Gasteiger charge is 2.45. The summed E-state index contributed by atoms with van der Waals surface area (Å²) < 4.78 is 0. The number of nitrogens with one attached hydrogen (secondary N) is 1. The van der Waals surface area contributed by atoms with Crippen molar-refractivity contribution >= 4 is 11.6 Å². The largest absolute Gasteiger partial charge is 0.310 e. The molecule has 1 amide bonds. The van der Waals surface area contributed by atoms with Gasteiger partial charge in [0.05, 0.1) is 0 Å². The molecule has 112 valence electrons. The first-order valence-electron chi connectivity index (χ1n) is 8.35. The number of nitrogens with zero attached hydrogens (tertiary/aromatic N) is 1. The molecular weight excluding hydrogens is 260 g/mol. The van der Waals surface area contributed by atoms with E-state index in [-0.39, 0.29) is 5.92 Å². The SMILES string of the molecule is CC1CN(C(=O)C2CC3CCC2C3)c2ccccc2CN1. The zero-order valence-electron chi connectivity index (χ0n) is 12.7. The summed E-state index contributed by atoms with van der Waals surface area (Å²) in [5.41, 5.74) is 2.38. The zero-order valence-corrected chi connectivity index (χ0v) is 12.7. The fourth-order valence-corrected chi connectivity index (χ4v) is 4.60. The quantitative estimate of drug-likeness (QED) is 0.860. The molecule has 0 radical (unpaired) electrons. The Balaban J connectivity index is 1.64. The maximum Gasteiger partial charge on any atom is 0.230 e. The van der Waals surface area contributed by atoms with Gasteiger partial charge in [0.1, 0.15) is 0 Å². The van der Waals surface area contributed by atoms with Gasteiger partial charge in [0.25, 0.3) is 0 Å². The fourth-order valence-electron chi connectivity index (χ4n) is 4.60. The van der Waals surface area contributed by atoms with Crippen LogP contribution in [-0.2, 0) is 11.3 Å². The predicted octanol–water partition coefficient (Wildman–Crippen LogP) is 2.95. The normalized spacial score (nSPS) is 34.6. The summed E-state index contributed by atoms with van der Waals surface area (Å²) in [6.45, 7) is 3.83. The summed E-state index contributed by atoms with van der Waals surface area (Å²) in [4.78, 5) is 15.2. The standard InChI is InChI=1S/C18H24N2O/c1-12-11-20(17-5-3-2-4-15(17)10-19-12)18(21)16-9-13-6-7-14(16)8-13/h2-5,12-14,16,19H,6-11H2,1H3. The minimum atomic E-state index is 0.280. The number of hydrogen-bond acceptors (Lipinski definition) is 2. The first kappa shape index (κ1) is 13.3. The molecular formula is C18H24N2O. The Morgan fingerprint density at radius 1 is 1.24 bits per heavy atom. The molecule has 2 bridgehead atoms. The number of carbonyl (C=O) groups is 1. The summed E-state index contributed by atoms with van der Waals surface area (Å²) in [5, 5.41) is 3.52. The van der Waals surface area contributed by atoms with E-state index < -0.39 is 0 Å². The lowest BCUT2D eigenvalue weighted by atomic mass is 9.87. The Kier molecular flexibility index (Phi) is 3.26. The second-order valence-corrected chi connectivity index (χ2v) is 7.14. The van der Waals surface area contributed by atoms with Crippen molar-refractivity contribution in [1.82, 2.24) is 5.32 Å². The Hall–Kier alpha value is -1.35. The van der Waals surface area contributed by atoms with Crippen molar-refractivity contribution in [3.8, 4) is 0 Å². The van der Waals surface area contributed by atoms with Gasteiger partial charge in [0, 0.05) is 30.7 Å². The van der Waals surface area contributed by atoms with Crippen molar-refractivity contribution < 1.29 is 4.79 Å². The summed E-state index contributed by atoms with van der Waals surface area (Å²) in [6.07, 6.45) is 5.04. The lowest BCUT2D eigenvalue weighted by molar-refractivity contribution is -0.123. The van der Waals surface area contributed by atoms with E-state index in [4.69, 9.17) is 0 Å². The van der Waals surface area contributed by atoms with Gasteiger partial charge < -0.3 is 10.2 Å². The van der Waals surface area contributed by atoms with E-state index in [1.165, 1.54) is 24.8 Å². The molecule has 2 fully saturated rings. The van der Waals surface area contributed by atoms with Gasteiger partial charge in [-0.2, -0.15) is 0 Å². The van der Waals surface area contributed by atoms with Gasteiger partial charge >= 0.3 is 0 Å². The second kappa shape index (κ2) is 5.13. The molecule has 4 atom stereocenters. The van der Waals surface area contributed by atoms with Gasteiger partial charge in [0.2, 0.25) is 5.91 Å². The van der Waals surface area contributed by atoms with E-state index in [0.717, 1.165) is 31.1 Å². The van der Waals surface area contributed by atoms with Gasteiger partial charge in [-0.05, 0) is 49.7 Å². The van der Waals surface area contributed by atoms with E-state index in [1.54, 1.807) is 0 Å². The summed E-state index contributed by atoms with van der Waals surface area (Å²) in [6, 6.07) is 8.72. The van der Waals surface area contributed by atoms with E-state index in [9.17, 15) is 4.79 Å². The second-order valence-electron chi connectivity index (χ2n) is 7.14. The third kappa shape index (κ3) is 2.28. The van der Waals surface area contributed by atoms with Crippen LogP contribution < -0.4 is 10.2 Å². The summed E-state index contributed by atoms with van der Waals surface area (Å²) >= 11 is 0. The maximum absolute atomic E-state index is 13.1. The Morgan fingerprint density at radius 3 is 2.86 bits per heavy atom. The van der Waals surface area contributed by atoms with Crippen molar-refractivity contribution in [2.45, 2.75) is 45.2 Å². The van der Waals surface area contributed by atoms with Crippen LogP contribution in [0, 0.1) is 17.8 Å². The molecule has 0 saturated heterocycles. The number of hydrogen-bond donors (Lipinski definition) is 1. The number of anilines is 1. The number of fused-ring (bicyclic) bond motifs is 3. The molecule has 3 aliphatic rings. The Bertz CT molecular complexity index is 556. The lowest BCUT2D eigenvalue weighted by Crippen LogP contribution is -2.43. The highest BCUT2D eigenvalue weighted by atomic mass is 16.2. The van der Waals surface area contributed by atoms with Crippen molar-refractivity contribution in [2.75, 3.05) is 11.4 Å². The molecule has 2 saturated carbocycles. The molecule has 1 heterocycles. The van der Waals surface area contributed by atoms with Crippen molar-refractivity contribution in [1.29, 1.82) is 0 Å². The van der Waals surface area contributed by atoms with Crippen LogP contribution in [0.15, 0.2) is 24.3 Å². The topological polar surface area (TPSA) is 32.3 Å². The number of rotatable bonds is 1. The number of carbonyl (C=O) groups excluding carboxylic acids is 1. The lowest BCUT2D eigenvalue weighted by Gasteiger charge is -2.30. The summed E-state index contributed by atoms with van der Waals surface area (Å²) in [5.74, 6) is 2.13. The van der Waals surface area contributed by atoms with Gasteiger partial charge in [0.15, 0.2) is 0 Å². The van der Waals surface area contributed by atoms with E-state index in [1.807, 2.05) is 0 Å². The van der Waals surface area contributed by atoms with E-state index >= 15 is 0 Å². The van der Waals surface area contributed by atoms with Gasteiger partial charge in [-0.3, -0.25) is 4.79 Å². The van der Waals surface area contributed by atoms with Gasteiger partial charge in [-0.1, -0.05) is 24.6 Å². The Morgan fingerprint density at radius 2 is 2.10 bits per heavy atom. The first-order chi connectivity index (χ1) is 10.2. The monoisotopic (exact) mass is 284 g/mol. The minimum Gasteiger partial charge on any atom is -0.310 e. The van der Waals surface area contributed by atoms with Crippen LogP contribution in [0.4, 0.5) is 5.69 Å². The van der Waals surface area contributed by atoms with Gasteiger partial charge in [-0.25, -0.2) is 0 Å². The maximum atomic E-state index is 13.1. The number of amides is 1. The van der Waals surface area contributed by atoms with Crippen LogP contribution in [0.2, 0.25) is 0 Å². The molecule has 1 aliphatic heterocycles. The Labute approximate surface area is 126 Å². The number of para-hydroxylation sites is 1. The average molecular weight is 284 g/mol. The molecule has 21 heavy (non-hydrogen) atoms. The van der Waals surface area contributed by atoms with Crippen molar-refractivity contribution in [3.05, 3.63) is 29.8 Å². The van der Waals surface area contributed by atoms with Crippen LogP contribution in [0.1, 0.15) is 38.2 Å². The molecule has 4 unspecified atom stereocenters. The minimum absolute atomic E-state index is 0.280. The van der Waals surface area contributed by atoms with Crippen LogP contribution in [0.25, 0.3) is 0 Å². The van der Waals surface area contributed by atoms with Crippen molar-refractivity contribution in [2.24, 2.45) is 17.8 Å². The first-order valence-corrected chi connectivity index (χ1v) is 8.35. The fraction of sp³-hybridized carbons (Fsp3) is 0.611. The van der Waals surface area contributed by atoms with Crippen molar-refractivity contribution in [3.63, 3.8) is 0 Å². The molecule has 3 heteroatoms. The highest BCUT2D eigenvalue weighted by Crippen LogP contribution is 2.49. The molecule has 2 aliphatic carbocycles. The van der Waals surface area contributed by atoms with E-state index in [2.05, 4.69) is 41.4 Å². The zero-order chi connectivity index (χ0) is 14.4. The summed E-state index contributed by atoms with van der Waals surface area (Å²) in [7, 11) is 0. The van der Waals surface area contributed by atoms with Crippen LogP contribution in [0.3, 0.4) is 0 Å². The molecule has 4 rings (SSSR count). The third-order valence-corrected chi connectivity index (χ3v) is 5.70. The molecule has 1 aromatic carbocycles. The van der Waals surface area contributed by atoms with Crippen LogP contribution in [0.5, 0.6) is 0 Å². The smallest absolute Gasteiger partial charge is 0.230 e. The van der Waals surface area contributed by atoms with Crippen LogP contribution >= 0.6 is 0 Å². The van der Waals surface area contributed by atoms with E-state index in [0.29, 0.717) is 17.9 Å². The molecule has 0 spiro atoms. The van der Waals surface area contributed by atoms with Crippen LogP contribution in [-0.4, -0.2) is 18.5 Å². The average Bonchev–Trinajstić information content (AvgIpc) is 3.09. The molecule has 3 nitrogen and oxygen atoms in total. The molecule has 0 aromatic heterocycles. The molecule has 1 N–H and O–H groups in total. The highest BCUT2D eigenvalue weighted by molar-refractivity contribution is 5.96. The van der Waals surface area contributed by atoms with Gasteiger partial charge in [-0.15, -0.1) is 0 Å². The molecule has 1 aromatic rings. The number of benzene rings is 1. The third-order valence-electron chi connectivity index (χ3n) is 5.70.